The van der Waals surface area contributed by atoms with Crippen LogP contribution in [0.15, 0.2) is 6.07 Å². The predicted molar refractivity (Wildman–Crippen MR) is 82.5 cm³/mol. The molecule has 0 fully saturated rings. The van der Waals surface area contributed by atoms with Crippen LogP contribution in [0.2, 0.25) is 0 Å². The molecule has 0 saturated carbocycles. The number of hydrazine groups is 1. The zero-order chi connectivity index (χ0) is 15.2. The molecule has 6 nitrogen and oxygen atoms in total. The number of rotatable bonds is 7. The summed E-state index contributed by atoms with van der Waals surface area (Å²) in [4.78, 5) is 8.89. The maximum atomic E-state index is 8.98. The summed E-state index contributed by atoms with van der Waals surface area (Å²) in [6.45, 7) is 9.29. The van der Waals surface area contributed by atoms with E-state index in [9.17, 15) is 0 Å². The Hall–Kier alpha value is -1.40. The van der Waals surface area contributed by atoms with Crippen LogP contribution in [0.1, 0.15) is 46.4 Å². The number of nitrogens with two attached hydrogens (primary N) is 1. The third-order valence-electron chi connectivity index (χ3n) is 3.04. The van der Waals surface area contributed by atoms with Crippen LogP contribution in [-0.4, -0.2) is 28.2 Å². The molecule has 0 amide bonds. The summed E-state index contributed by atoms with van der Waals surface area (Å²) in [6.07, 6.45) is 1.98. The zero-order valence-corrected chi connectivity index (χ0v) is 12.9. The summed E-state index contributed by atoms with van der Waals surface area (Å²) in [5.41, 5.74) is 2.44. The number of nitrogens with one attached hydrogen (secondary N) is 2. The Kier molecular flexibility index (Phi) is 6.16. The molecule has 0 bridgehead atoms. The average molecular weight is 281 g/mol. The van der Waals surface area contributed by atoms with Crippen LogP contribution >= 0.6 is 0 Å². The van der Waals surface area contributed by atoms with Crippen molar-refractivity contribution < 1.29 is 5.11 Å². The maximum Gasteiger partial charge on any atom is 0.145 e. The number of aliphatic hydroxyl groups excluding tert-OH is 1. The van der Waals surface area contributed by atoms with Crippen molar-refractivity contribution >= 4 is 11.6 Å². The van der Waals surface area contributed by atoms with E-state index < -0.39 is 0 Å². The molecule has 1 rings (SSSR count). The second-order valence-corrected chi connectivity index (χ2v) is 6.21. The maximum absolute atomic E-state index is 8.98. The molecule has 0 aliphatic carbocycles. The number of aromatic nitrogens is 2. The smallest absolute Gasteiger partial charge is 0.145 e. The van der Waals surface area contributed by atoms with Gasteiger partial charge in [0.05, 0.1) is 0 Å². The molecule has 0 saturated heterocycles. The standard InChI is InChI=1S/C14H27N5O/c1-10(9-20)6-5-7-16-11-8-12(19-15)18-13(17-11)14(2,3)4/h8,10,20H,5-7,9,15H2,1-4H3,(H2,16,17,18,19). The second-order valence-electron chi connectivity index (χ2n) is 6.21. The molecular formula is C14H27N5O. The lowest BCUT2D eigenvalue weighted by Gasteiger charge is -2.19. The van der Waals surface area contributed by atoms with Crippen LogP contribution in [0.5, 0.6) is 0 Å². The molecule has 0 spiro atoms. The monoisotopic (exact) mass is 281 g/mol. The van der Waals surface area contributed by atoms with Gasteiger partial charge in [-0.1, -0.05) is 27.7 Å². The molecule has 114 valence electrons. The molecule has 1 aromatic heterocycles. The fourth-order valence-corrected chi connectivity index (χ4v) is 1.71. The molecule has 20 heavy (non-hydrogen) atoms. The van der Waals surface area contributed by atoms with Crippen LogP contribution in [0, 0.1) is 5.92 Å². The third kappa shape index (κ3) is 5.30. The molecule has 0 aliphatic rings. The number of anilines is 2. The van der Waals surface area contributed by atoms with Crippen molar-refractivity contribution in [3.8, 4) is 0 Å². The fraction of sp³-hybridized carbons (Fsp3) is 0.714. The molecule has 5 N–H and O–H groups in total. The van der Waals surface area contributed by atoms with Crippen molar-refractivity contribution in [2.24, 2.45) is 11.8 Å². The van der Waals surface area contributed by atoms with Gasteiger partial charge in [-0.2, -0.15) is 0 Å². The highest BCUT2D eigenvalue weighted by Crippen LogP contribution is 2.22. The van der Waals surface area contributed by atoms with Gasteiger partial charge in [-0.3, -0.25) is 0 Å². The summed E-state index contributed by atoms with van der Waals surface area (Å²) in [5.74, 6) is 7.92. The van der Waals surface area contributed by atoms with Crippen molar-refractivity contribution in [1.82, 2.24) is 9.97 Å². The van der Waals surface area contributed by atoms with E-state index in [-0.39, 0.29) is 12.0 Å². The van der Waals surface area contributed by atoms with Gasteiger partial charge < -0.3 is 15.8 Å². The van der Waals surface area contributed by atoms with Crippen molar-refractivity contribution in [3.63, 3.8) is 0 Å². The first-order valence-electron chi connectivity index (χ1n) is 7.07. The van der Waals surface area contributed by atoms with Crippen LogP contribution < -0.4 is 16.6 Å². The minimum atomic E-state index is -0.130. The Morgan fingerprint density at radius 3 is 2.50 bits per heavy atom. The molecule has 0 aliphatic heterocycles. The van der Waals surface area contributed by atoms with Gasteiger partial charge in [0.25, 0.3) is 0 Å². The Balaban J connectivity index is 2.65. The third-order valence-corrected chi connectivity index (χ3v) is 3.04. The second kappa shape index (κ2) is 7.40. The number of nitrogen functional groups attached to an aromatic ring is 1. The first kappa shape index (κ1) is 16.7. The molecule has 1 unspecified atom stereocenters. The quantitative estimate of drug-likeness (QED) is 0.346. The summed E-state index contributed by atoms with van der Waals surface area (Å²) in [7, 11) is 0. The van der Waals surface area contributed by atoms with Crippen LogP contribution in [0.3, 0.4) is 0 Å². The minimum Gasteiger partial charge on any atom is -0.396 e. The molecule has 0 aromatic carbocycles. The SMILES string of the molecule is CC(CO)CCCNc1cc(NN)nc(C(C)(C)C)n1. The lowest BCUT2D eigenvalue weighted by atomic mass is 9.96. The van der Waals surface area contributed by atoms with E-state index in [4.69, 9.17) is 10.9 Å². The van der Waals surface area contributed by atoms with Crippen LogP contribution in [0.25, 0.3) is 0 Å². The van der Waals surface area contributed by atoms with E-state index in [1.54, 1.807) is 6.07 Å². The molecule has 0 radical (unpaired) electrons. The Morgan fingerprint density at radius 2 is 1.95 bits per heavy atom. The van der Waals surface area contributed by atoms with Crippen molar-refractivity contribution in [3.05, 3.63) is 11.9 Å². The lowest BCUT2D eigenvalue weighted by Crippen LogP contribution is -2.20. The number of aliphatic hydroxyl groups is 1. The minimum absolute atomic E-state index is 0.130. The summed E-state index contributed by atoms with van der Waals surface area (Å²) in [6, 6.07) is 1.80. The first-order chi connectivity index (χ1) is 9.36. The number of hydrogen-bond acceptors (Lipinski definition) is 6. The van der Waals surface area contributed by atoms with E-state index in [1.807, 2.05) is 6.92 Å². The first-order valence-corrected chi connectivity index (χ1v) is 7.07. The fourth-order valence-electron chi connectivity index (χ4n) is 1.71. The number of hydrogen-bond donors (Lipinski definition) is 4. The molecule has 1 aromatic rings. The summed E-state index contributed by atoms with van der Waals surface area (Å²) < 4.78 is 0. The van der Waals surface area contributed by atoms with Gasteiger partial charge in [0, 0.05) is 24.6 Å². The summed E-state index contributed by atoms with van der Waals surface area (Å²) >= 11 is 0. The highest BCUT2D eigenvalue weighted by atomic mass is 16.3. The zero-order valence-electron chi connectivity index (χ0n) is 12.9. The van der Waals surface area contributed by atoms with Crippen molar-refractivity contribution in [1.29, 1.82) is 0 Å². The Bertz CT molecular complexity index is 417. The van der Waals surface area contributed by atoms with E-state index in [0.717, 1.165) is 31.0 Å². The van der Waals surface area contributed by atoms with Gasteiger partial charge >= 0.3 is 0 Å². The predicted octanol–water partition coefficient (Wildman–Crippen LogP) is 1.88. The lowest BCUT2D eigenvalue weighted by molar-refractivity contribution is 0.229. The van der Waals surface area contributed by atoms with Gasteiger partial charge in [-0.25, -0.2) is 15.8 Å². The average Bonchev–Trinajstić information content (AvgIpc) is 2.41. The number of nitrogens with zero attached hydrogens (tertiary/aromatic N) is 2. The largest absolute Gasteiger partial charge is 0.396 e. The van der Waals surface area contributed by atoms with Gasteiger partial charge in [0.1, 0.15) is 17.5 Å². The van der Waals surface area contributed by atoms with Gasteiger partial charge in [-0.15, -0.1) is 0 Å². The van der Waals surface area contributed by atoms with Crippen LogP contribution in [-0.2, 0) is 5.41 Å². The van der Waals surface area contributed by atoms with Gasteiger partial charge in [0.15, 0.2) is 0 Å². The van der Waals surface area contributed by atoms with E-state index in [0.29, 0.717) is 11.7 Å². The normalized spacial score (nSPS) is 13.1. The van der Waals surface area contributed by atoms with Gasteiger partial charge in [-0.05, 0) is 18.8 Å². The highest BCUT2D eigenvalue weighted by Gasteiger charge is 2.18. The van der Waals surface area contributed by atoms with Gasteiger partial charge in [0.2, 0.25) is 0 Å². The van der Waals surface area contributed by atoms with Crippen molar-refractivity contribution in [2.75, 3.05) is 23.9 Å². The highest BCUT2D eigenvalue weighted by molar-refractivity contribution is 5.47. The molecule has 1 atom stereocenters. The Labute approximate surface area is 121 Å². The van der Waals surface area contributed by atoms with Crippen LogP contribution in [0.4, 0.5) is 11.6 Å². The summed E-state index contributed by atoms with van der Waals surface area (Å²) in [5, 5.41) is 12.3. The molecule has 1 heterocycles. The van der Waals surface area contributed by atoms with E-state index in [1.165, 1.54) is 0 Å². The van der Waals surface area contributed by atoms with E-state index >= 15 is 0 Å². The molecule has 6 heteroatoms. The Morgan fingerprint density at radius 1 is 1.30 bits per heavy atom. The molecular weight excluding hydrogens is 254 g/mol. The van der Waals surface area contributed by atoms with E-state index in [2.05, 4.69) is 41.5 Å². The van der Waals surface area contributed by atoms with Crippen molar-refractivity contribution in [2.45, 2.75) is 46.0 Å². The topological polar surface area (TPSA) is 96.1 Å².